The third-order valence-corrected chi connectivity index (χ3v) is 23.6. The molecule has 2 saturated carbocycles. The van der Waals surface area contributed by atoms with E-state index < -0.39 is 34.1 Å². The molecule has 8 N–H and O–H groups in total. The smallest absolute Gasteiger partial charge is 0.219 e. The van der Waals surface area contributed by atoms with Crippen LogP contribution in [0.1, 0.15) is 102 Å². The number of rotatable bonds is 30. The minimum absolute atomic E-state index is 0.000894. The van der Waals surface area contributed by atoms with E-state index in [9.17, 15) is 55.9 Å². The van der Waals surface area contributed by atoms with E-state index in [4.69, 9.17) is 88.3 Å². The predicted molar refractivity (Wildman–Crippen MR) is 532 cm³/mol. The van der Waals surface area contributed by atoms with E-state index in [1.807, 2.05) is 9.13 Å². The van der Waals surface area contributed by atoms with Gasteiger partial charge in [-0.05, 0) is 194 Å². The molecule has 0 spiro atoms. The Morgan fingerprint density at radius 2 is 0.693 bits per heavy atom. The van der Waals surface area contributed by atoms with Crippen molar-refractivity contribution in [2.45, 2.75) is 76.5 Å². The van der Waals surface area contributed by atoms with E-state index in [1.54, 1.807) is 193 Å². The second-order valence-corrected chi connectivity index (χ2v) is 33.8. The molecular formula is C107H83Cl4F4N13O12. The summed E-state index contributed by atoms with van der Waals surface area (Å²) in [6, 6.07) is 56.3. The molecule has 2 fully saturated rings. The molecule has 16 aromatic rings. The molecule has 0 bridgehead atoms. The third kappa shape index (κ3) is 24.7. The molecule has 8 heterocycles. The van der Waals surface area contributed by atoms with E-state index in [0.717, 1.165) is 25.7 Å². The number of aromatic nitrogens is 9. The highest BCUT2D eigenvalue weighted by Gasteiger charge is 2.30. The van der Waals surface area contributed by atoms with Crippen molar-refractivity contribution in [3.8, 4) is 90.8 Å². The van der Waals surface area contributed by atoms with Crippen LogP contribution < -0.4 is 63.6 Å². The fourth-order valence-electron chi connectivity index (χ4n) is 14.4. The summed E-state index contributed by atoms with van der Waals surface area (Å²) in [6.45, 7) is 8.06. The van der Waals surface area contributed by atoms with Gasteiger partial charge in [0.05, 0.1) is 89.4 Å². The third-order valence-electron chi connectivity index (χ3n) is 22.0. The number of halogens is 8. The number of hydrogen-bond donors (Lipinski definition) is 4. The second kappa shape index (κ2) is 44.6. The number of anilines is 4. The monoisotopic (exact) mass is 1960 g/mol. The Morgan fingerprint density at radius 3 is 1.03 bits per heavy atom. The fourth-order valence-corrected chi connectivity index (χ4v) is 15.0. The van der Waals surface area contributed by atoms with Gasteiger partial charge in [0.25, 0.3) is 0 Å². The van der Waals surface area contributed by atoms with Crippen LogP contribution >= 0.6 is 46.4 Å². The summed E-state index contributed by atoms with van der Waals surface area (Å²) in [5, 5.41) is 5.47. The van der Waals surface area contributed by atoms with Crippen molar-refractivity contribution in [3.63, 3.8) is 0 Å². The van der Waals surface area contributed by atoms with Crippen LogP contribution in [0, 0.1) is 23.3 Å². The quantitative estimate of drug-likeness (QED) is 0.0141. The number of carbonyl (C=O) groups excluding carboxylic acids is 4. The van der Waals surface area contributed by atoms with Crippen molar-refractivity contribution in [3.05, 3.63) is 441 Å². The van der Waals surface area contributed by atoms with E-state index >= 15 is 0 Å². The lowest BCUT2D eigenvalue weighted by molar-refractivity contribution is 0.0981. The lowest BCUT2D eigenvalue weighted by Gasteiger charge is -2.12. The van der Waals surface area contributed by atoms with Gasteiger partial charge in [0, 0.05) is 120 Å². The lowest BCUT2D eigenvalue weighted by Crippen LogP contribution is -2.24. The number of nitrogens with zero attached hydrogens (tertiary/aromatic N) is 9. The minimum Gasteiger partial charge on any atom is -0.454 e. The zero-order valence-corrected chi connectivity index (χ0v) is 77.2. The zero-order valence-electron chi connectivity index (χ0n) is 74.2. The summed E-state index contributed by atoms with van der Waals surface area (Å²) in [5.74, 6) is -0.0172. The first-order chi connectivity index (χ1) is 67.5. The molecule has 0 amide bonds. The molecular weight excluding hydrogens is 1880 g/mol. The van der Waals surface area contributed by atoms with E-state index in [0.29, 0.717) is 152 Å². The summed E-state index contributed by atoms with van der Waals surface area (Å²) in [7, 11) is 0. The number of allylic oxidation sites excluding steroid dienone is 2. The summed E-state index contributed by atoms with van der Waals surface area (Å²) >= 11 is 24.6. The molecule has 0 aliphatic heterocycles. The number of ketones is 4. The lowest BCUT2D eigenvalue weighted by atomic mass is 10.0. The number of nitrogens with two attached hydrogens (primary N) is 4. The van der Waals surface area contributed by atoms with Crippen molar-refractivity contribution in [1.29, 1.82) is 0 Å². The van der Waals surface area contributed by atoms with E-state index in [-0.39, 0.29) is 111 Å². The van der Waals surface area contributed by atoms with Crippen LogP contribution in [0.25, 0.3) is 44.6 Å². The van der Waals surface area contributed by atoms with Gasteiger partial charge in [0.1, 0.15) is 89.3 Å². The highest BCUT2D eigenvalue weighted by molar-refractivity contribution is 6.35. The van der Waals surface area contributed by atoms with Crippen LogP contribution in [0.4, 0.5) is 40.3 Å². The maximum absolute atomic E-state index is 13.4. The highest BCUT2D eigenvalue weighted by Crippen LogP contribution is 2.41. The van der Waals surface area contributed by atoms with Crippen LogP contribution in [0.3, 0.4) is 0 Å². The van der Waals surface area contributed by atoms with Gasteiger partial charge in [0.2, 0.25) is 11.3 Å². The molecule has 8 aromatic heterocycles. The molecule has 0 unspecified atom stereocenters. The summed E-state index contributed by atoms with van der Waals surface area (Å²) in [4.78, 5) is 122. The van der Waals surface area contributed by atoms with Crippen molar-refractivity contribution in [2.24, 2.45) is 0 Å². The average molecular weight is 1960 g/mol. The maximum atomic E-state index is 13.4. The number of carbonyl (C=O) groups is 4. The van der Waals surface area contributed by atoms with Gasteiger partial charge in [-0.2, -0.15) is 5.10 Å². The van der Waals surface area contributed by atoms with Crippen molar-refractivity contribution < 1.29 is 55.7 Å². The number of Topliss-reactive ketones (excluding diaryl/α,β-unsaturated/α-hetero) is 4. The van der Waals surface area contributed by atoms with Gasteiger partial charge in [-0.1, -0.05) is 125 Å². The standard InChI is InChI=1S/3C27H21ClFN3O3.C26H20ClFN4O3/c28-26-22(30)2-1-3-24(26)35-25-11-4-16(13-31-25)12-23(33)21-15-32(19-9-10-19)14-20(27(21)34)17-5-7-18(29)8-6-17;28-26-23(30)2-1-3-25(26)35-20-11-8-18(31-13-20)12-24(33)22-15-32(19-9-10-19)14-21(27(22)34)16-4-6-17(29)7-5-16;1-2-12-32-15-21(17-6-8-18(29)9-7-17)27(34)22(16-32)24(33)13-19-10-11-20(14-31-19)35-25-5-3-4-23(30)26(25)28;1-2-12-32-15-20(26(34)25(31-32)16-6-8-17(28)9-7-16)22(33)13-18-10-11-19(14-30-18)35-23-5-3-4-21(29)24(23)27/h2*1-8,11,13-15,19H,9-10,12,30H2;2-11,14-16H,1,12-13,30H2;2-11,14-15H,1,12-13,29H2. The molecule has 8 aromatic carbocycles. The van der Waals surface area contributed by atoms with E-state index in [1.165, 1.54) is 115 Å². The normalized spacial score (nSPS) is 11.8. The number of pyridine rings is 7. The predicted octanol–water partition coefficient (Wildman–Crippen LogP) is 22.4. The molecule has 0 radical (unpaired) electrons. The van der Waals surface area contributed by atoms with Crippen LogP contribution in [0.5, 0.6) is 46.1 Å². The first-order valence-corrected chi connectivity index (χ1v) is 44.9. The maximum Gasteiger partial charge on any atom is 0.219 e. The average Bonchev–Trinajstić information content (AvgIpc) is 1.56. The van der Waals surface area contributed by atoms with Crippen LogP contribution in [0.2, 0.25) is 20.1 Å². The molecule has 33 heteroatoms. The molecule has 2 aliphatic carbocycles. The number of ether oxygens (including phenoxy) is 4. The molecule has 140 heavy (non-hydrogen) atoms. The highest BCUT2D eigenvalue weighted by atomic mass is 35.5. The van der Waals surface area contributed by atoms with Crippen molar-refractivity contribution >= 4 is 92.3 Å². The molecule has 704 valence electrons. The fraction of sp³-hybridized carbons (Fsp3) is 0.112. The number of benzene rings is 8. The Balaban J connectivity index is 0.000000141. The summed E-state index contributed by atoms with van der Waals surface area (Å²) in [5.41, 5.74) is 28.4. The molecule has 18 rings (SSSR count). The second-order valence-electron chi connectivity index (χ2n) is 32.3. The summed E-state index contributed by atoms with van der Waals surface area (Å²) < 4.78 is 83.3. The van der Waals surface area contributed by atoms with Gasteiger partial charge in [-0.3, -0.25) is 58.0 Å². The van der Waals surface area contributed by atoms with Crippen molar-refractivity contribution in [1.82, 2.24) is 43.4 Å². The molecule has 0 atom stereocenters. The Morgan fingerprint density at radius 1 is 0.357 bits per heavy atom. The van der Waals surface area contributed by atoms with Crippen LogP contribution in [-0.4, -0.2) is 66.6 Å². The number of nitrogen functional groups attached to an aromatic ring is 4. The van der Waals surface area contributed by atoms with Crippen molar-refractivity contribution in [2.75, 3.05) is 22.9 Å². The SMILES string of the molecule is C=CCn1cc(C(=O)Cc2ccc(Oc3cccc(N)c3Cl)cn2)c(=O)c(-c2ccc(F)cc2)c1.C=CCn1cc(C(=O)Cc2ccc(Oc3cccc(N)c3Cl)cn2)c(=O)c(-c2ccc(F)cc2)n1.Nc1cccc(Oc2ccc(CC(=O)c3cn(C4CC4)cc(-c4ccc(F)cc4)c3=O)cn2)c1Cl.Nc1cccc(Oc2ccc(CC(=O)c3cn(C4CC4)cc(-c4ccc(F)cc4)c3=O)nc2)c1Cl. The summed E-state index contributed by atoms with van der Waals surface area (Å²) in [6.07, 6.45) is 24.1. The first-order valence-electron chi connectivity index (χ1n) is 43.4. The first kappa shape index (κ1) is 98.1. The Bertz CT molecular complexity index is 7180. The van der Waals surface area contributed by atoms with Gasteiger partial charge >= 0.3 is 0 Å². The molecule has 2 aliphatic rings. The van der Waals surface area contributed by atoms with Crippen LogP contribution in [0.15, 0.2) is 331 Å². The van der Waals surface area contributed by atoms with Crippen LogP contribution in [-0.2, 0) is 38.8 Å². The van der Waals surface area contributed by atoms with Gasteiger partial charge in [-0.15, -0.1) is 13.2 Å². The Labute approximate surface area is 817 Å². The van der Waals surface area contributed by atoms with Gasteiger partial charge in [0.15, 0.2) is 39.4 Å². The topological polar surface area (TPSA) is 362 Å². The Hall–Kier alpha value is -16.5. The molecule has 0 saturated heterocycles. The van der Waals surface area contributed by atoms with Gasteiger partial charge < -0.3 is 55.6 Å². The van der Waals surface area contributed by atoms with Gasteiger partial charge in [-0.25, -0.2) is 22.5 Å². The largest absolute Gasteiger partial charge is 0.454 e. The van der Waals surface area contributed by atoms with E-state index in [2.05, 4.69) is 38.2 Å². The number of hydrogen-bond acceptors (Lipinski definition) is 21. The molecule has 25 nitrogen and oxygen atoms in total. The zero-order chi connectivity index (χ0) is 99.0. The minimum atomic E-state index is -0.543. The Kier molecular flexibility index (Phi) is 31.2.